The predicted molar refractivity (Wildman–Crippen MR) is 75.8 cm³/mol. The van der Waals surface area contributed by atoms with Gasteiger partial charge in [0, 0.05) is 13.2 Å². The summed E-state index contributed by atoms with van der Waals surface area (Å²) in [5.74, 6) is 0.634. The minimum Gasteiger partial charge on any atom is -0.373 e. The molecule has 3 N–H and O–H groups in total. The lowest BCUT2D eigenvalue weighted by molar-refractivity contribution is -0.124. The first-order valence-corrected chi connectivity index (χ1v) is 7.76. The van der Waals surface area contributed by atoms with Crippen molar-refractivity contribution in [3.8, 4) is 0 Å². The average molecular weight is 268 g/mol. The number of nitrogens with two attached hydrogens (primary N) is 1. The normalized spacial score (nSPS) is 30.2. The summed E-state index contributed by atoms with van der Waals surface area (Å²) in [6.07, 6.45) is 9.35. The van der Waals surface area contributed by atoms with Crippen LogP contribution in [0.3, 0.4) is 0 Å². The van der Waals surface area contributed by atoms with Crippen molar-refractivity contribution < 1.29 is 9.53 Å². The van der Waals surface area contributed by atoms with Crippen LogP contribution >= 0.6 is 0 Å². The molecule has 2 unspecified atom stereocenters. The maximum Gasteiger partial charge on any atom is 0.237 e. The Balaban J connectivity index is 1.69. The van der Waals surface area contributed by atoms with Crippen molar-refractivity contribution in [3.63, 3.8) is 0 Å². The summed E-state index contributed by atoms with van der Waals surface area (Å²) in [6, 6.07) is -0.354. The number of rotatable bonds is 5. The van der Waals surface area contributed by atoms with Crippen molar-refractivity contribution in [2.75, 3.05) is 13.2 Å². The molecule has 0 bridgehead atoms. The van der Waals surface area contributed by atoms with E-state index in [0.29, 0.717) is 12.5 Å². The standard InChI is InChI=1S/C15H28N2O2/c1-15(8-5-9-19-15)11-17-14(18)13(16)10-12-6-3-2-4-7-12/h12-13H,2-11,16H2,1H3,(H,17,18). The van der Waals surface area contributed by atoms with Gasteiger partial charge in [-0.2, -0.15) is 0 Å². The second kappa shape index (κ2) is 6.71. The largest absolute Gasteiger partial charge is 0.373 e. The van der Waals surface area contributed by atoms with Gasteiger partial charge in [0.2, 0.25) is 5.91 Å². The van der Waals surface area contributed by atoms with Gasteiger partial charge in [0.1, 0.15) is 0 Å². The molecule has 1 saturated heterocycles. The first-order chi connectivity index (χ1) is 9.09. The monoisotopic (exact) mass is 268 g/mol. The molecule has 0 radical (unpaired) electrons. The van der Waals surface area contributed by atoms with Crippen LogP contribution in [0.4, 0.5) is 0 Å². The molecule has 19 heavy (non-hydrogen) atoms. The third kappa shape index (κ3) is 4.46. The van der Waals surface area contributed by atoms with Crippen LogP contribution in [0.15, 0.2) is 0 Å². The summed E-state index contributed by atoms with van der Waals surface area (Å²) >= 11 is 0. The number of carbonyl (C=O) groups is 1. The minimum absolute atomic E-state index is 0.0118. The lowest BCUT2D eigenvalue weighted by Crippen LogP contribution is -2.47. The third-order valence-corrected chi connectivity index (χ3v) is 4.59. The van der Waals surface area contributed by atoms with Crippen molar-refractivity contribution in [1.82, 2.24) is 5.32 Å². The lowest BCUT2D eigenvalue weighted by atomic mass is 9.85. The van der Waals surface area contributed by atoms with Crippen LogP contribution in [0.2, 0.25) is 0 Å². The van der Waals surface area contributed by atoms with Crippen molar-refractivity contribution in [1.29, 1.82) is 0 Å². The summed E-state index contributed by atoms with van der Waals surface area (Å²) in [5.41, 5.74) is 5.84. The van der Waals surface area contributed by atoms with Gasteiger partial charge < -0.3 is 15.8 Å². The molecule has 0 aromatic heterocycles. The number of hydrogen-bond donors (Lipinski definition) is 2. The minimum atomic E-state index is -0.354. The lowest BCUT2D eigenvalue weighted by Gasteiger charge is -2.26. The highest BCUT2D eigenvalue weighted by atomic mass is 16.5. The quantitative estimate of drug-likeness (QED) is 0.801. The molecule has 2 aliphatic rings. The van der Waals surface area contributed by atoms with Gasteiger partial charge in [0.15, 0.2) is 0 Å². The molecule has 0 spiro atoms. The Labute approximate surface area is 116 Å². The highest BCUT2D eigenvalue weighted by Gasteiger charge is 2.31. The van der Waals surface area contributed by atoms with Gasteiger partial charge in [0.25, 0.3) is 0 Å². The Morgan fingerprint density at radius 3 is 2.74 bits per heavy atom. The van der Waals surface area contributed by atoms with Gasteiger partial charge in [-0.15, -0.1) is 0 Å². The maximum atomic E-state index is 12.0. The number of amides is 1. The molecule has 1 heterocycles. The molecule has 4 heteroatoms. The first-order valence-electron chi connectivity index (χ1n) is 7.76. The topological polar surface area (TPSA) is 64.4 Å². The fourth-order valence-electron chi connectivity index (χ4n) is 3.27. The molecule has 1 amide bonds. The van der Waals surface area contributed by atoms with Gasteiger partial charge in [-0.3, -0.25) is 4.79 Å². The van der Waals surface area contributed by atoms with Crippen LogP contribution in [0.25, 0.3) is 0 Å². The van der Waals surface area contributed by atoms with E-state index in [4.69, 9.17) is 10.5 Å². The molecule has 1 aliphatic carbocycles. The van der Waals surface area contributed by atoms with Gasteiger partial charge in [-0.05, 0) is 32.1 Å². The molecule has 2 atom stereocenters. The Hall–Kier alpha value is -0.610. The van der Waals surface area contributed by atoms with E-state index in [1.165, 1.54) is 32.1 Å². The zero-order chi connectivity index (χ0) is 13.7. The molecule has 1 saturated carbocycles. The summed E-state index contributed by atoms with van der Waals surface area (Å²) in [6.45, 7) is 3.46. The fourth-order valence-corrected chi connectivity index (χ4v) is 3.27. The van der Waals surface area contributed by atoms with Gasteiger partial charge in [-0.1, -0.05) is 32.1 Å². The van der Waals surface area contributed by atoms with Crippen LogP contribution in [-0.4, -0.2) is 30.7 Å². The highest BCUT2D eigenvalue weighted by Crippen LogP contribution is 2.27. The van der Waals surface area contributed by atoms with Crippen LogP contribution in [0.5, 0.6) is 0 Å². The molecule has 4 nitrogen and oxygen atoms in total. The molecular formula is C15H28N2O2. The SMILES string of the molecule is CC1(CNC(=O)C(N)CC2CCCCC2)CCCO1. The van der Waals surface area contributed by atoms with Crippen molar-refractivity contribution in [2.24, 2.45) is 11.7 Å². The van der Waals surface area contributed by atoms with Crippen LogP contribution < -0.4 is 11.1 Å². The zero-order valence-corrected chi connectivity index (χ0v) is 12.1. The average Bonchev–Trinajstić information content (AvgIpc) is 2.84. The second-order valence-electron chi connectivity index (χ2n) is 6.47. The molecule has 0 aromatic carbocycles. The van der Waals surface area contributed by atoms with Gasteiger partial charge in [0.05, 0.1) is 11.6 Å². The summed E-state index contributed by atoms with van der Waals surface area (Å²) in [7, 11) is 0. The Bertz CT molecular complexity index is 295. The van der Waals surface area contributed by atoms with Crippen molar-refractivity contribution >= 4 is 5.91 Å². The molecule has 110 valence electrons. The number of ether oxygens (including phenoxy) is 1. The predicted octanol–water partition coefficient (Wildman–Crippen LogP) is 1.97. The first kappa shape index (κ1) is 14.8. The van der Waals surface area contributed by atoms with Gasteiger partial charge >= 0.3 is 0 Å². The fraction of sp³-hybridized carbons (Fsp3) is 0.933. The number of nitrogens with one attached hydrogen (secondary N) is 1. The van der Waals surface area contributed by atoms with Crippen LogP contribution in [0.1, 0.15) is 58.3 Å². The number of carbonyl (C=O) groups excluding carboxylic acids is 1. The Morgan fingerprint density at radius 1 is 1.37 bits per heavy atom. The van der Waals surface area contributed by atoms with Crippen LogP contribution in [-0.2, 0) is 9.53 Å². The molecule has 0 aromatic rings. The third-order valence-electron chi connectivity index (χ3n) is 4.59. The highest BCUT2D eigenvalue weighted by molar-refractivity contribution is 5.81. The van der Waals surface area contributed by atoms with E-state index in [0.717, 1.165) is 25.9 Å². The maximum absolute atomic E-state index is 12.0. The Kier molecular flexibility index (Phi) is 5.22. The summed E-state index contributed by atoms with van der Waals surface area (Å²) < 4.78 is 5.67. The zero-order valence-electron chi connectivity index (χ0n) is 12.1. The summed E-state index contributed by atoms with van der Waals surface area (Å²) in [4.78, 5) is 12.0. The van der Waals surface area contributed by atoms with Gasteiger partial charge in [-0.25, -0.2) is 0 Å². The van der Waals surface area contributed by atoms with Crippen LogP contribution in [0, 0.1) is 5.92 Å². The van der Waals surface area contributed by atoms with Crippen molar-refractivity contribution in [3.05, 3.63) is 0 Å². The molecular weight excluding hydrogens is 240 g/mol. The van der Waals surface area contributed by atoms with E-state index < -0.39 is 0 Å². The van der Waals surface area contributed by atoms with E-state index in [-0.39, 0.29) is 17.6 Å². The van der Waals surface area contributed by atoms with E-state index in [2.05, 4.69) is 12.2 Å². The molecule has 2 rings (SSSR count). The van der Waals surface area contributed by atoms with E-state index in [9.17, 15) is 4.79 Å². The Morgan fingerprint density at radius 2 is 2.11 bits per heavy atom. The van der Waals surface area contributed by atoms with E-state index in [1.54, 1.807) is 0 Å². The van der Waals surface area contributed by atoms with Crippen molar-refractivity contribution in [2.45, 2.75) is 69.9 Å². The second-order valence-corrected chi connectivity index (χ2v) is 6.47. The number of hydrogen-bond acceptors (Lipinski definition) is 3. The van der Waals surface area contributed by atoms with E-state index in [1.807, 2.05) is 0 Å². The summed E-state index contributed by atoms with van der Waals surface area (Å²) in [5, 5.41) is 2.97. The molecule has 1 aliphatic heterocycles. The smallest absolute Gasteiger partial charge is 0.237 e. The van der Waals surface area contributed by atoms with E-state index >= 15 is 0 Å². The molecule has 2 fully saturated rings.